The van der Waals surface area contributed by atoms with Crippen molar-refractivity contribution in [1.29, 1.82) is 0 Å². The number of hydrogen-bond donors (Lipinski definition) is 1. The molecule has 0 saturated carbocycles. The molecule has 0 aliphatic carbocycles. The summed E-state index contributed by atoms with van der Waals surface area (Å²) in [6.45, 7) is 7.92. The van der Waals surface area contributed by atoms with E-state index in [1.54, 1.807) is 23.8 Å². The van der Waals surface area contributed by atoms with E-state index in [2.05, 4.69) is 19.9 Å². The fourth-order valence-corrected chi connectivity index (χ4v) is 3.46. The Kier molecular flexibility index (Phi) is 6.56. The zero-order valence-electron chi connectivity index (χ0n) is 17.5. The Morgan fingerprint density at radius 3 is 2.47 bits per heavy atom. The number of carbonyl (C=O) groups excluding carboxylic acids is 2. The van der Waals surface area contributed by atoms with E-state index in [1.807, 2.05) is 58.0 Å². The zero-order valence-corrected chi connectivity index (χ0v) is 18.3. The van der Waals surface area contributed by atoms with Crippen LogP contribution in [0.3, 0.4) is 0 Å². The van der Waals surface area contributed by atoms with Gasteiger partial charge in [0.2, 0.25) is 5.91 Å². The predicted molar refractivity (Wildman–Crippen MR) is 116 cm³/mol. The molecule has 2 heterocycles. The fraction of sp³-hybridized carbons (Fsp3) is 0.318. The van der Waals surface area contributed by atoms with Crippen LogP contribution in [0.5, 0.6) is 0 Å². The minimum absolute atomic E-state index is 0.209. The van der Waals surface area contributed by atoms with E-state index < -0.39 is 11.6 Å². The fourth-order valence-electron chi connectivity index (χ4n) is 3.03. The first-order valence-corrected chi connectivity index (χ1v) is 10.4. The van der Waals surface area contributed by atoms with Crippen LogP contribution in [0.1, 0.15) is 54.0 Å². The lowest BCUT2D eigenvalue weighted by atomic mass is 9.99. The van der Waals surface area contributed by atoms with Crippen molar-refractivity contribution in [2.24, 2.45) is 0 Å². The lowest BCUT2D eigenvalue weighted by molar-refractivity contribution is -0.127. The van der Waals surface area contributed by atoms with Crippen molar-refractivity contribution < 1.29 is 9.59 Å². The minimum Gasteiger partial charge on any atom is -0.349 e. The largest absolute Gasteiger partial charge is 0.349 e. The molecule has 156 valence electrons. The molecule has 1 atom stereocenters. The van der Waals surface area contributed by atoms with Crippen LogP contribution < -0.4 is 5.32 Å². The molecule has 0 radical (unpaired) electrons. The van der Waals surface area contributed by atoms with Gasteiger partial charge in [0.1, 0.15) is 6.04 Å². The first-order valence-electron chi connectivity index (χ1n) is 9.60. The maximum Gasteiger partial charge on any atom is 0.276 e. The number of aromatic nitrogens is 3. The molecule has 30 heavy (non-hydrogen) atoms. The summed E-state index contributed by atoms with van der Waals surface area (Å²) in [7, 11) is 0. The molecular formula is C22H25N5O2S. The zero-order chi connectivity index (χ0) is 21.7. The Morgan fingerprint density at radius 2 is 1.90 bits per heavy atom. The topological polar surface area (TPSA) is 88.1 Å². The number of rotatable bonds is 6. The Morgan fingerprint density at radius 1 is 1.17 bits per heavy atom. The second-order valence-electron chi connectivity index (χ2n) is 8.14. The monoisotopic (exact) mass is 423 g/mol. The van der Waals surface area contributed by atoms with Crippen molar-refractivity contribution in [2.45, 2.75) is 45.8 Å². The van der Waals surface area contributed by atoms with Gasteiger partial charge in [0.25, 0.3) is 5.91 Å². The predicted octanol–water partition coefficient (Wildman–Crippen LogP) is 3.54. The smallest absolute Gasteiger partial charge is 0.276 e. The van der Waals surface area contributed by atoms with Crippen LogP contribution >= 0.6 is 11.5 Å². The first kappa shape index (κ1) is 21.6. The molecule has 0 aliphatic heterocycles. The Bertz CT molecular complexity index is 983. The summed E-state index contributed by atoms with van der Waals surface area (Å²) in [5, 5.41) is 8.54. The van der Waals surface area contributed by atoms with Gasteiger partial charge in [-0.3, -0.25) is 14.6 Å². The summed E-state index contributed by atoms with van der Waals surface area (Å²) in [4.78, 5) is 32.5. The third-order valence-electron chi connectivity index (χ3n) is 4.37. The van der Waals surface area contributed by atoms with Gasteiger partial charge in [0.05, 0.1) is 0 Å². The molecule has 0 saturated heterocycles. The molecule has 0 unspecified atom stereocenters. The number of nitrogens with zero attached hydrogens (tertiary/aromatic N) is 4. The summed E-state index contributed by atoms with van der Waals surface area (Å²) in [6.07, 6.45) is 3.36. The Balaban J connectivity index is 2.07. The maximum absolute atomic E-state index is 13.4. The maximum atomic E-state index is 13.4. The van der Waals surface area contributed by atoms with Crippen LogP contribution in [0.25, 0.3) is 0 Å². The third kappa shape index (κ3) is 5.48. The molecule has 7 nitrogen and oxygen atoms in total. The average molecular weight is 424 g/mol. The molecular weight excluding hydrogens is 398 g/mol. The second-order valence-corrected chi connectivity index (χ2v) is 8.75. The minimum atomic E-state index is -0.834. The summed E-state index contributed by atoms with van der Waals surface area (Å²) in [6, 6.07) is 10.5. The lowest BCUT2D eigenvalue weighted by Crippen LogP contribution is -2.49. The van der Waals surface area contributed by atoms with E-state index in [1.165, 1.54) is 4.90 Å². The number of carbonyl (C=O) groups is 2. The van der Waals surface area contributed by atoms with Crippen LogP contribution in [0.15, 0.2) is 54.2 Å². The summed E-state index contributed by atoms with van der Waals surface area (Å²) >= 11 is 1.10. The number of amides is 2. The standard InChI is InChI=1S/C22H25N5O2S/c1-15-7-9-17(10-8-15)19(20(28)24-22(2,3)4)27(13-16-6-5-11-23-12-16)21(29)18-14-30-26-25-18/h5-12,14,19H,13H2,1-4H3,(H,24,28)/t19-/m1/s1. The summed E-state index contributed by atoms with van der Waals surface area (Å²) in [5.74, 6) is -0.617. The van der Waals surface area contributed by atoms with Gasteiger partial charge in [-0.05, 0) is 56.4 Å². The molecule has 3 aromatic rings. The molecule has 0 fully saturated rings. The third-order valence-corrected chi connectivity index (χ3v) is 4.87. The van der Waals surface area contributed by atoms with Crippen molar-refractivity contribution in [3.63, 3.8) is 0 Å². The number of hydrogen-bond acceptors (Lipinski definition) is 6. The van der Waals surface area contributed by atoms with Gasteiger partial charge in [-0.2, -0.15) is 0 Å². The van der Waals surface area contributed by atoms with Crippen LogP contribution in [-0.4, -0.2) is 36.8 Å². The van der Waals surface area contributed by atoms with Gasteiger partial charge in [0.15, 0.2) is 5.69 Å². The van der Waals surface area contributed by atoms with E-state index >= 15 is 0 Å². The van der Waals surface area contributed by atoms with Gasteiger partial charge >= 0.3 is 0 Å². The van der Waals surface area contributed by atoms with Crippen LogP contribution in [0.4, 0.5) is 0 Å². The molecule has 0 aliphatic rings. The number of benzene rings is 1. The first-order chi connectivity index (χ1) is 14.2. The quantitative estimate of drug-likeness (QED) is 0.655. The Labute approximate surface area is 180 Å². The van der Waals surface area contributed by atoms with E-state index in [4.69, 9.17) is 0 Å². The van der Waals surface area contributed by atoms with Gasteiger partial charge in [0, 0.05) is 29.9 Å². The normalized spacial score (nSPS) is 12.3. The van der Waals surface area contributed by atoms with Gasteiger partial charge in [-0.15, -0.1) is 5.10 Å². The molecule has 8 heteroatoms. The molecule has 3 rings (SSSR count). The SMILES string of the molecule is Cc1ccc([C@H](C(=O)NC(C)(C)C)N(Cc2cccnc2)C(=O)c2csnn2)cc1. The van der Waals surface area contributed by atoms with Crippen molar-refractivity contribution in [1.82, 2.24) is 24.8 Å². The van der Waals surface area contributed by atoms with Crippen LogP contribution in [0, 0.1) is 6.92 Å². The summed E-state index contributed by atoms with van der Waals surface area (Å²) < 4.78 is 3.81. The van der Waals surface area contributed by atoms with Gasteiger partial charge in [-0.25, -0.2) is 0 Å². The molecule has 1 N–H and O–H groups in total. The molecule has 1 aromatic carbocycles. The van der Waals surface area contributed by atoms with Crippen molar-refractivity contribution >= 4 is 23.3 Å². The van der Waals surface area contributed by atoms with E-state index in [0.29, 0.717) is 0 Å². The highest BCUT2D eigenvalue weighted by Gasteiger charge is 2.34. The molecule has 2 aromatic heterocycles. The van der Waals surface area contributed by atoms with Crippen molar-refractivity contribution in [3.05, 3.63) is 76.6 Å². The van der Waals surface area contributed by atoms with Crippen molar-refractivity contribution in [2.75, 3.05) is 0 Å². The van der Waals surface area contributed by atoms with E-state index in [0.717, 1.165) is 28.2 Å². The average Bonchev–Trinajstić information content (AvgIpc) is 3.22. The van der Waals surface area contributed by atoms with E-state index in [9.17, 15) is 9.59 Å². The highest BCUT2D eigenvalue weighted by molar-refractivity contribution is 7.03. The lowest BCUT2D eigenvalue weighted by Gasteiger charge is -2.33. The highest BCUT2D eigenvalue weighted by Crippen LogP contribution is 2.26. The highest BCUT2D eigenvalue weighted by atomic mass is 32.1. The molecule has 0 bridgehead atoms. The second kappa shape index (κ2) is 9.13. The van der Waals surface area contributed by atoms with Crippen LogP contribution in [-0.2, 0) is 11.3 Å². The Hall–Kier alpha value is -3.13. The van der Waals surface area contributed by atoms with Crippen molar-refractivity contribution in [3.8, 4) is 0 Å². The number of pyridine rings is 1. The van der Waals surface area contributed by atoms with Gasteiger partial charge in [-0.1, -0.05) is 40.4 Å². The van der Waals surface area contributed by atoms with E-state index in [-0.39, 0.29) is 24.1 Å². The van der Waals surface area contributed by atoms with Gasteiger partial charge < -0.3 is 10.2 Å². The molecule has 2 amide bonds. The molecule has 0 spiro atoms. The number of aryl methyl sites for hydroxylation is 1. The van der Waals surface area contributed by atoms with Crippen LogP contribution in [0.2, 0.25) is 0 Å². The number of nitrogens with one attached hydrogen (secondary N) is 1. The summed E-state index contributed by atoms with van der Waals surface area (Å²) in [5.41, 5.74) is 2.37.